The minimum Gasteiger partial charge on any atom is -0.598 e. The first-order valence-corrected chi connectivity index (χ1v) is 7.71. The molecule has 0 amide bonds. The number of hydrogen-bond acceptors (Lipinski definition) is 3. The van der Waals surface area contributed by atoms with Crippen LogP contribution in [0.15, 0.2) is 22.7 Å². The van der Waals surface area contributed by atoms with Gasteiger partial charge in [-0.05, 0) is 39.8 Å². The Morgan fingerprint density at radius 2 is 2.00 bits per heavy atom. The van der Waals surface area contributed by atoms with E-state index in [9.17, 15) is 4.55 Å². The van der Waals surface area contributed by atoms with Crippen molar-refractivity contribution in [2.75, 3.05) is 7.11 Å². The predicted molar refractivity (Wildman–Crippen MR) is 80.1 cm³/mol. The number of methoxy groups -OCH3 is 1. The van der Waals surface area contributed by atoms with E-state index in [4.69, 9.17) is 4.74 Å². The summed E-state index contributed by atoms with van der Waals surface area (Å²) in [4.78, 5) is 0. The van der Waals surface area contributed by atoms with Crippen LogP contribution in [0.25, 0.3) is 0 Å². The van der Waals surface area contributed by atoms with Gasteiger partial charge < -0.3 is 9.29 Å². The lowest BCUT2D eigenvalue weighted by molar-refractivity contribution is 0.404. The molecule has 0 aromatic heterocycles. The summed E-state index contributed by atoms with van der Waals surface area (Å²) < 4.78 is 21.2. The second kappa shape index (κ2) is 6.28. The number of ether oxygens (including phenoxy) is 1. The van der Waals surface area contributed by atoms with E-state index in [-0.39, 0.29) is 10.8 Å². The van der Waals surface area contributed by atoms with Crippen molar-refractivity contribution < 1.29 is 9.29 Å². The highest BCUT2D eigenvalue weighted by Crippen LogP contribution is 2.29. The molecule has 1 aromatic carbocycles. The monoisotopic (exact) mass is 333 g/mol. The van der Waals surface area contributed by atoms with Crippen LogP contribution in [0, 0.1) is 0 Å². The van der Waals surface area contributed by atoms with E-state index in [2.05, 4.69) is 20.7 Å². The Kier molecular flexibility index (Phi) is 5.52. The van der Waals surface area contributed by atoms with E-state index < -0.39 is 11.4 Å². The van der Waals surface area contributed by atoms with Crippen molar-refractivity contribution in [1.82, 2.24) is 4.72 Å². The summed E-state index contributed by atoms with van der Waals surface area (Å²) in [6, 6.07) is 5.80. The Balaban J connectivity index is 2.87. The summed E-state index contributed by atoms with van der Waals surface area (Å²) in [5.74, 6) is 0.787. The van der Waals surface area contributed by atoms with Gasteiger partial charge >= 0.3 is 0 Å². The minimum absolute atomic E-state index is 0.0342. The molecule has 0 radical (unpaired) electrons. The molecule has 0 bridgehead atoms. The first kappa shape index (κ1) is 15.8. The van der Waals surface area contributed by atoms with Gasteiger partial charge in [-0.25, -0.2) is 0 Å². The molecule has 0 aliphatic heterocycles. The maximum Gasteiger partial charge on any atom is 0.136 e. The van der Waals surface area contributed by atoms with Crippen LogP contribution in [0.4, 0.5) is 0 Å². The van der Waals surface area contributed by atoms with Gasteiger partial charge in [0.2, 0.25) is 0 Å². The second-order valence-electron chi connectivity index (χ2n) is 5.11. The smallest absolute Gasteiger partial charge is 0.136 e. The Bertz CT molecular complexity index is 406. The summed E-state index contributed by atoms with van der Waals surface area (Å²) in [5.41, 5.74) is 0.998. The third kappa shape index (κ3) is 4.16. The van der Waals surface area contributed by atoms with Crippen molar-refractivity contribution in [2.45, 2.75) is 38.5 Å². The minimum atomic E-state index is -1.10. The van der Waals surface area contributed by atoms with E-state index in [1.165, 1.54) is 0 Å². The summed E-state index contributed by atoms with van der Waals surface area (Å²) in [5, 5.41) is 0. The normalized spacial score (nSPS) is 15.3. The second-order valence-corrected chi connectivity index (χ2v) is 8.02. The van der Waals surface area contributed by atoms with Crippen LogP contribution >= 0.6 is 15.9 Å². The Morgan fingerprint density at radius 1 is 1.39 bits per heavy atom. The van der Waals surface area contributed by atoms with E-state index in [1.54, 1.807) is 7.11 Å². The highest BCUT2D eigenvalue weighted by molar-refractivity contribution is 9.10. The summed E-state index contributed by atoms with van der Waals surface area (Å²) in [6.07, 6.45) is 0. The van der Waals surface area contributed by atoms with Gasteiger partial charge in [0.1, 0.15) is 10.5 Å². The van der Waals surface area contributed by atoms with Crippen molar-refractivity contribution >= 4 is 27.3 Å². The number of halogens is 1. The quantitative estimate of drug-likeness (QED) is 0.856. The van der Waals surface area contributed by atoms with Gasteiger partial charge in [-0.15, -0.1) is 4.72 Å². The Morgan fingerprint density at radius 3 is 2.50 bits per heavy atom. The molecule has 0 aliphatic carbocycles. The standard InChI is InChI=1S/C13H20BrNO2S/c1-9(15-18(16)13(2,3)4)11-7-6-10(14)8-12(11)17-5/h6-9,15H,1-5H3. The van der Waals surface area contributed by atoms with Gasteiger partial charge in [-0.3, -0.25) is 0 Å². The number of nitrogens with one attached hydrogen (secondary N) is 1. The fourth-order valence-corrected chi connectivity index (χ4v) is 2.59. The molecule has 3 nitrogen and oxygen atoms in total. The van der Waals surface area contributed by atoms with Crippen LogP contribution in [-0.2, 0) is 11.4 Å². The molecule has 0 fully saturated rings. The van der Waals surface area contributed by atoms with Crippen molar-refractivity contribution in [3.8, 4) is 5.75 Å². The Hall–Kier alpha value is -0.230. The molecule has 5 heteroatoms. The predicted octanol–water partition coefficient (Wildman–Crippen LogP) is 3.57. The number of rotatable bonds is 4. The molecular weight excluding hydrogens is 314 g/mol. The van der Waals surface area contributed by atoms with Crippen molar-refractivity contribution in [3.05, 3.63) is 28.2 Å². The molecule has 0 heterocycles. The summed E-state index contributed by atoms with van der Waals surface area (Å²) in [6.45, 7) is 7.82. The van der Waals surface area contributed by atoms with E-state index in [0.717, 1.165) is 15.8 Å². The summed E-state index contributed by atoms with van der Waals surface area (Å²) in [7, 11) is 1.64. The molecule has 0 saturated heterocycles. The molecule has 1 rings (SSSR count). The Labute approximate surface area is 121 Å². The fraction of sp³-hybridized carbons (Fsp3) is 0.538. The molecule has 0 aliphatic rings. The molecular formula is C13H20BrNO2S. The molecule has 102 valence electrons. The zero-order valence-corrected chi connectivity index (χ0v) is 13.8. The van der Waals surface area contributed by atoms with E-state index in [0.29, 0.717) is 0 Å². The lowest BCUT2D eigenvalue weighted by atomic mass is 10.1. The molecule has 2 atom stereocenters. The van der Waals surface area contributed by atoms with Gasteiger partial charge in [0, 0.05) is 21.4 Å². The molecule has 18 heavy (non-hydrogen) atoms. The average Bonchev–Trinajstić information content (AvgIpc) is 2.27. The first-order valence-electron chi connectivity index (χ1n) is 5.77. The number of hydrogen-bond donors (Lipinski definition) is 1. The third-order valence-corrected chi connectivity index (χ3v) is 4.68. The zero-order chi connectivity index (χ0) is 13.9. The first-order chi connectivity index (χ1) is 8.25. The van der Waals surface area contributed by atoms with Gasteiger partial charge in [0.25, 0.3) is 0 Å². The lowest BCUT2D eigenvalue weighted by Gasteiger charge is -2.27. The average molecular weight is 334 g/mol. The highest BCUT2D eigenvalue weighted by atomic mass is 79.9. The van der Waals surface area contributed by atoms with Crippen LogP contribution in [-0.4, -0.2) is 16.4 Å². The van der Waals surface area contributed by atoms with E-state index >= 15 is 0 Å². The van der Waals surface area contributed by atoms with Crippen LogP contribution in [0.2, 0.25) is 0 Å². The zero-order valence-electron chi connectivity index (χ0n) is 11.4. The van der Waals surface area contributed by atoms with Gasteiger partial charge in [0.05, 0.1) is 13.2 Å². The molecule has 0 saturated carbocycles. The highest BCUT2D eigenvalue weighted by Gasteiger charge is 2.29. The largest absolute Gasteiger partial charge is 0.598 e. The van der Waals surface area contributed by atoms with Crippen LogP contribution < -0.4 is 9.46 Å². The molecule has 0 spiro atoms. The van der Waals surface area contributed by atoms with Crippen molar-refractivity contribution in [2.24, 2.45) is 0 Å². The van der Waals surface area contributed by atoms with Crippen LogP contribution in [0.1, 0.15) is 39.3 Å². The molecule has 2 unspecified atom stereocenters. The van der Waals surface area contributed by atoms with Crippen LogP contribution in [0.5, 0.6) is 5.75 Å². The maximum atomic E-state index is 12.1. The van der Waals surface area contributed by atoms with Crippen LogP contribution in [0.3, 0.4) is 0 Å². The van der Waals surface area contributed by atoms with E-state index in [1.807, 2.05) is 45.9 Å². The number of benzene rings is 1. The van der Waals surface area contributed by atoms with Gasteiger partial charge in [0.15, 0.2) is 0 Å². The maximum absolute atomic E-state index is 12.1. The van der Waals surface area contributed by atoms with Crippen molar-refractivity contribution in [1.29, 1.82) is 0 Å². The van der Waals surface area contributed by atoms with Gasteiger partial charge in [-0.2, -0.15) is 0 Å². The third-order valence-electron chi connectivity index (χ3n) is 2.50. The summed E-state index contributed by atoms with van der Waals surface area (Å²) >= 11 is 2.31. The topological polar surface area (TPSA) is 44.3 Å². The SMILES string of the molecule is COc1cc(Br)ccc1C(C)N[S+]([O-])C(C)(C)C. The molecule has 1 N–H and O–H groups in total. The lowest BCUT2D eigenvalue weighted by Crippen LogP contribution is -2.40. The fourth-order valence-electron chi connectivity index (χ4n) is 1.44. The van der Waals surface area contributed by atoms with Gasteiger partial charge in [-0.1, -0.05) is 22.0 Å². The molecule has 1 aromatic rings. The van der Waals surface area contributed by atoms with Crippen molar-refractivity contribution in [3.63, 3.8) is 0 Å².